The van der Waals surface area contributed by atoms with Gasteiger partial charge in [0.15, 0.2) is 0 Å². The first-order valence-electron chi connectivity index (χ1n) is 8.15. The second-order valence-electron chi connectivity index (χ2n) is 6.28. The smallest absolute Gasteiger partial charge is 0.237 e. The molecule has 1 aromatic rings. The Morgan fingerprint density at radius 3 is 3.09 bits per heavy atom. The molecule has 2 heterocycles. The summed E-state index contributed by atoms with van der Waals surface area (Å²) in [4.78, 5) is 12.1. The zero-order valence-electron chi connectivity index (χ0n) is 13.4. The van der Waals surface area contributed by atoms with Crippen molar-refractivity contribution in [1.29, 1.82) is 0 Å². The highest BCUT2D eigenvalue weighted by molar-refractivity contribution is 5.82. The van der Waals surface area contributed by atoms with Gasteiger partial charge in [0.25, 0.3) is 0 Å². The number of nitrogens with one attached hydrogen (secondary N) is 2. The minimum Gasteiger partial charge on any atom is -0.488 e. The second kappa shape index (κ2) is 7.29. The average Bonchev–Trinajstić information content (AvgIpc) is 3.18. The van der Waals surface area contributed by atoms with E-state index in [2.05, 4.69) is 10.6 Å². The maximum Gasteiger partial charge on any atom is 0.237 e. The van der Waals surface area contributed by atoms with Crippen LogP contribution in [-0.4, -0.2) is 49.0 Å². The summed E-state index contributed by atoms with van der Waals surface area (Å²) in [6, 6.07) is 5.68. The van der Waals surface area contributed by atoms with Gasteiger partial charge >= 0.3 is 0 Å². The molecule has 6 heteroatoms. The molecule has 1 aromatic carbocycles. The first kappa shape index (κ1) is 16.2. The largest absolute Gasteiger partial charge is 0.488 e. The van der Waals surface area contributed by atoms with Crippen molar-refractivity contribution in [3.05, 3.63) is 29.3 Å². The number of hydrogen-bond acceptors (Lipinski definition) is 5. The molecule has 23 heavy (non-hydrogen) atoms. The number of aryl methyl sites for hydroxylation is 1. The van der Waals surface area contributed by atoms with Gasteiger partial charge in [0.05, 0.1) is 25.4 Å². The molecule has 6 nitrogen and oxygen atoms in total. The Morgan fingerprint density at radius 2 is 2.39 bits per heavy atom. The molecule has 3 N–H and O–H groups in total. The molecular weight excluding hydrogens is 296 g/mol. The molecule has 2 fully saturated rings. The van der Waals surface area contributed by atoms with Gasteiger partial charge in [-0.15, -0.1) is 0 Å². The Labute approximate surface area is 136 Å². The van der Waals surface area contributed by atoms with Crippen molar-refractivity contribution in [3.8, 4) is 5.75 Å². The fourth-order valence-electron chi connectivity index (χ4n) is 2.93. The van der Waals surface area contributed by atoms with E-state index >= 15 is 0 Å². The molecule has 126 valence electrons. The van der Waals surface area contributed by atoms with Gasteiger partial charge < -0.3 is 25.2 Å². The molecule has 1 amide bonds. The van der Waals surface area contributed by atoms with Crippen molar-refractivity contribution in [2.24, 2.45) is 0 Å². The fourth-order valence-corrected chi connectivity index (χ4v) is 2.93. The maximum atomic E-state index is 12.1. The zero-order valence-corrected chi connectivity index (χ0v) is 13.4. The van der Waals surface area contributed by atoms with Crippen LogP contribution in [0.15, 0.2) is 18.2 Å². The van der Waals surface area contributed by atoms with E-state index in [-0.39, 0.29) is 18.1 Å². The van der Waals surface area contributed by atoms with Crippen molar-refractivity contribution in [2.75, 3.05) is 19.8 Å². The summed E-state index contributed by atoms with van der Waals surface area (Å²) in [6.45, 7) is 4.25. The van der Waals surface area contributed by atoms with Crippen LogP contribution in [0, 0.1) is 6.92 Å². The number of aliphatic hydroxyl groups is 1. The monoisotopic (exact) mass is 320 g/mol. The van der Waals surface area contributed by atoms with E-state index in [9.17, 15) is 9.90 Å². The normalized spacial score (nSPS) is 27.1. The molecule has 0 spiro atoms. The predicted octanol–water partition coefficient (Wildman–Crippen LogP) is 0.502. The Kier molecular flexibility index (Phi) is 5.15. The Hall–Kier alpha value is -1.63. The third-order valence-corrected chi connectivity index (χ3v) is 4.28. The molecule has 3 rings (SSSR count). The van der Waals surface area contributed by atoms with E-state index in [1.807, 2.05) is 25.1 Å². The second-order valence-corrected chi connectivity index (χ2v) is 6.28. The molecule has 0 saturated carbocycles. The zero-order chi connectivity index (χ0) is 16.2. The van der Waals surface area contributed by atoms with Gasteiger partial charge in [-0.05, 0) is 25.0 Å². The number of ether oxygens (including phenoxy) is 2. The van der Waals surface area contributed by atoms with Crippen LogP contribution in [0.4, 0.5) is 0 Å². The lowest BCUT2D eigenvalue weighted by Gasteiger charge is -2.17. The third kappa shape index (κ3) is 4.22. The summed E-state index contributed by atoms with van der Waals surface area (Å²) in [7, 11) is 0. The number of carbonyl (C=O) groups excluding carboxylic acids is 1. The molecule has 0 radical (unpaired) electrons. The molecule has 2 saturated heterocycles. The number of rotatable bonds is 5. The van der Waals surface area contributed by atoms with Crippen molar-refractivity contribution >= 4 is 5.91 Å². The van der Waals surface area contributed by atoms with Crippen LogP contribution in [0.1, 0.15) is 24.0 Å². The summed E-state index contributed by atoms with van der Waals surface area (Å²) in [5.74, 6) is 0.720. The van der Waals surface area contributed by atoms with Gasteiger partial charge in [-0.3, -0.25) is 4.79 Å². The van der Waals surface area contributed by atoms with E-state index in [0.29, 0.717) is 26.1 Å². The quantitative estimate of drug-likeness (QED) is 0.736. The number of carbonyl (C=O) groups is 1. The van der Waals surface area contributed by atoms with E-state index in [1.54, 1.807) is 0 Å². The molecule has 2 aliphatic rings. The topological polar surface area (TPSA) is 79.8 Å². The van der Waals surface area contributed by atoms with E-state index in [1.165, 1.54) is 0 Å². The summed E-state index contributed by atoms with van der Waals surface area (Å²) < 4.78 is 11.4. The minimum absolute atomic E-state index is 0.0814. The standard InChI is InChI=1S/C17H24N2O4/c1-11-2-3-12(16(6-11)23-14-4-5-22-10-14)8-19-17(21)15-7-13(20)9-18-15/h2-3,6,13-15,18,20H,4-5,7-10H2,1H3,(H,19,21). The third-order valence-electron chi connectivity index (χ3n) is 4.28. The van der Waals surface area contributed by atoms with Crippen LogP contribution in [0.5, 0.6) is 5.75 Å². The van der Waals surface area contributed by atoms with Gasteiger partial charge in [0.2, 0.25) is 5.91 Å². The molecule has 3 unspecified atom stereocenters. The van der Waals surface area contributed by atoms with Gasteiger partial charge in [-0.25, -0.2) is 0 Å². The number of β-amino-alcohol motifs (C(OH)–C–C–N with tert-alkyl or cyclic N) is 1. The highest BCUT2D eigenvalue weighted by atomic mass is 16.5. The summed E-state index contributed by atoms with van der Waals surface area (Å²) in [6.07, 6.45) is 0.996. The van der Waals surface area contributed by atoms with Crippen LogP contribution >= 0.6 is 0 Å². The van der Waals surface area contributed by atoms with Crippen LogP contribution in [0.3, 0.4) is 0 Å². The summed E-state index contributed by atoms with van der Waals surface area (Å²) in [5.41, 5.74) is 2.07. The highest BCUT2D eigenvalue weighted by Gasteiger charge is 2.28. The average molecular weight is 320 g/mol. The van der Waals surface area contributed by atoms with Crippen molar-refractivity contribution in [1.82, 2.24) is 10.6 Å². The van der Waals surface area contributed by atoms with Crippen LogP contribution in [0.2, 0.25) is 0 Å². The first-order chi connectivity index (χ1) is 11.1. The van der Waals surface area contributed by atoms with E-state index in [4.69, 9.17) is 9.47 Å². The Balaban J connectivity index is 1.61. The SMILES string of the molecule is Cc1ccc(CNC(=O)C2CC(O)CN2)c(OC2CCOC2)c1. The summed E-state index contributed by atoms with van der Waals surface area (Å²) in [5, 5.41) is 15.4. The Morgan fingerprint density at radius 1 is 1.52 bits per heavy atom. The van der Waals surface area contributed by atoms with Crippen LogP contribution < -0.4 is 15.4 Å². The van der Waals surface area contributed by atoms with Gasteiger partial charge in [-0.1, -0.05) is 12.1 Å². The molecule has 0 aromatic heterocycles. The first-order valence-corrected chi connectivity index (χ1v) is 8.15. The van der Waals surface area contributed by atoms with Crippen molar-refractivity contribution in [2.45, 2.75) is 44.6 Å². The van der Waals surface area contributed by atoms with Gasteiger partial charge in [-0.2, -0.15) is 0 Å². The molecular formula is C17H24N2O4. The van der Waals surface area contributed by atoms with Gasteiger partial charge in [0.1, 0.15) is 11.9 Å². The van der Waals surface area contributed by atoms with Gasteiger partial charge in [0, 0.05) is 25.1 Å². The Bertz CT molecular complexity index is 558. The van der Waals surface area contributed by atoms with Crippen LogP contribution in [0.25, 0.3) is 0 Å². The lowest BCUT2D eigenvalue weighted by Crippen LogP contribution is -2.40. The maximum absolute atomic E-state index is 12.1. The fraction of sp³-hybridized carbons (Fsp3) is 0.588. The highest BCUT2D eigenvalue weighted by Crippen LogP contribution is 2.24. The number of benzene rings is 1. The number of aliphatic hydroxyl groups excluding tert-OH is 1. The number of hydrogen-bond donors (Lipinski definition) is 3. The number of amides is 1. The van der Waals surface area contributed by atoms with E-state index in [0.717, 1.165) is 29.9 Å². The summed E-state index contributed by atoms with van der Waals surface area (Å²) >= 11 is 0. The lowest BCUT2D eigenvalue weighted by molar-refractivity contribution is -0.123. The lowest BCUT2D eigenvalue weighted by atomic mass is 10.1. The van der Waals surface area contributed by atoms with Crippen molar-refractivity contribution < 1.29 is 19.4 Å². The van der Waals surface area contributed by atoms with E-state index < -0.39 is 6.10 Å². The van der Waals surface area contributed by atoms with Crippen molar-refractivity contribution in [3.63, 3.8) is 0 Å². The molecule has 3 atom stereocenters. The molecule has 0 aliphatic carbocycles. The van der Waals surface area contributed by atoms with Crippen LogP contribution in [-0.2, 0) is 16.1 Å². The molecule has 0 bridgehead atoms. The minimum atomic E-state index is -0.439. The molecule has 2 aliphatic heterocycles. The predicted molar refractivity (Wildman–Crippen MR) is 85.3 cm³/mol.